The fourth-order valence-electron chi connectivity index (χ4n) is 3.48. The number of hydrogen-bond donors (Lipinski definition) is 0. The average Bonchev–Trinajstić information content (AvgIpc) is 2.98. The molecule has 0 bridgehead atoms. The molecule has 1 aromatic rings. The highest BCUT2D eigenvalue weighted by Crippen LogP contribution is 2.39. The van der Waals surface area contributed by atoms with Crippen LogP contribution in [0.15, 0.2) is 12.1 Å². The molecule has 2 heterocycles. The van der Waals surface area contributed by atoms with Gasteiger partial charge in [-0.15, -0.1) is 11.6 Å². The molecule has 0 N–H and O–H groups in total. The fourth-order valence-corrected chi connectivity index (χ4v) is 3.63. The van der Waals surface area contributed by atoms with E-state index in [-0.39, 0.29) is 0 Å². The zero-order valence-corrected chi connectivity index (χ0v) is 11.8. The Labute approximate surface area is 114 Å². The number of aryl methyl sites for hydroxylation is 1. The maximum Gasteiger partial charge on any atom is 0.129 e. The van der Waals surface area contributed by atoms with Gasteiger partial charge >= 0.3 is 0 Å². The molecule has 1 aromatic heterocycles. The molecule has 0 amide bonds. The minimum atomic E-state index is 0.587. The average molecular weight is 265 g/mol. The van der Waals surface area contributed by atoms with Crippen molar-refractivity contribution in [1.82, 2.24) is 4.98 Å². The zero-order valence-electron chi connectivity index (χ0n) is 11.0. The smallest absolute Gasteiger partial charge is 0.129 e. The van der Waals surface area contributed by atoms with Crippen LogP contribution in [0.1, 0.15) is 37.4 Å². The lowest BCUT2D eigenvalue weighted by molar-refractivity contribution is 0.494. The van der Waals surface area contributed by atoms with E-state index in [1.165, 1.54) is 43.6 Å². The van der Waals surface area contributed by atoms with Crippen molar-refractivity contribution >= 4 is 17.4 Å². The van der Waals surface area contributed by atoms with E-state index in [1.54, 1.807) is 0 Å². The van der Waals surface area contributed by atoms with Gasteiger partial charge in [0.15, 0.2) is 0 Å². The van der Waals surface area contributed by atoms with E-state index < -0.39 is 0 Å². The summed E-state index contributed by atoms with van der Waals surface area (Å²) in [5, 5.41) is 0. The molecule has 2 unspecified atom stereocenters. The van der Waals surface area contributed by atoms with Crippen molar-refractivity contribution in [2.75, 3.05) is 18.0 Å². The van der Waals surface area contributed by atoms with Gasteiger partial charge in [0, 0.05) is 24.7 Å². The number of aromatic nitrogens is 1. The molecule has 3 heteroatoms. The molecular weight excluding hydrogens is 244 g/mol. The van der Waals surface area contributed by atoms with Crippen LogP contribution in [0.2, 0.25) is 0 Å². The van der Waals surface area contributed by atoms with Gasteiger partial charge in [0.25, 0.3) is 0 Å². The van der Waals surface area contributed by atoms with Crippen molar-refractivity contribution < 1.29 is 0 Å². The first-order chi connectivity index (χ1) is 8.80. The Hall–Kier alpha value is -0.760. The normalized spacial score (nSPS) is 26.7. The van der Waals surface area contributed by atoms with Crippen LogP contribution in [0.5, 0.6) is 0 Å². The van der Waals surface area contributed by atoms with Crippen LogP contribution in [0.3, 0.4) is 0 Å². The summed E-state index contributed by atoms with van der Waals surface area (Å²) in [5.74, 6) is 3.57. The summed E-state index contributed by atoms with van der Waals surface area (Å²) in [5.41, 5.74) is 2.37. The Bertz CT molecular complexity index is 398. The van der Waals surface area contributed by atoms with Gasteiger partial charge in [-0.3, -0.25) is 0 Å². The van der Waals surface area contributed by atoms with Gasteiger partial charge in [-0.2, -0.15) is 0 Å². The number of pyridine rings is 1. The molecular formula is C15H21ClN2. The summed E-state index contributed by atoms with van der Waals surface area (Å²) in [7, 11) is 0. The van der Waals surface area contributed by atoms with Gasteiger partial charge in [0.05, 0.1) is 0 Å². The maximum atomic E-state index is 5.98. The molecule has 1 aliphatic carbocycles. The lowest BCUT2D eigenvalue weighted by Gasteiger charge is -2.20. The summed E-state index contributed by atoms with van der Waals surface area (Å²) < 4.78 is 0. The van der Waals surface area contributed by atoms with E-state index in [0.29, 0.717) is 5.88 Å². The predicted molar refractivity (Wildman–Crippen MR) is 76.2 cm³/mol. The quantitative estimate of drug-likeness (QED) is 0.776. The van der Waals surface area contributed by atoms with Crippen molar-refractivity contribution in [2.24, 2.45) is 11.8 Å². The number of rotatable bonds is 3. The molecule has 2 atom stereocenters. The van der Waals surface area contributed by atoms with E-state index in [1.807, 2.05) is 0 Å². The van der Waals surface area contributed by atoms with Crippen LogP contribution in [-0.4, -0.2) is 18.1 Å². The molecule has 1 saturated heterocycles. The number of anilines is 1. The number of halogens is 1. The Morgan fingerprint density at radius 1 is 1.28 bits per heavy atom. The first-order valence-electron chi connectivity index (χ1n) is 7.11. The van der Waals surface area contributed by atoms with Crippen molar-refractivity contribution in [2.45, 2.75) is 38.5 Å². The fraction of sp³-hybridized carbons (Fsp3) is 0.667. The van der Waals surface area contributed by atoms with Crippen LogP contribution < -0.4 is 4.90 Å². The highest BCUT2D eigenvalue weighted by Gasteiger charge is 2.36. The third-order valence-electron chi connectivity index (χ3n) is 4.49. The van der Waals surface area contributed by atoms with E-state index in [2.05, 4.69) is 24.0 Å². The lowest BCUT2D eigenvalue weighted by atomic mass is 10.0. The van der Waals surface area contributed by atoms with Gasteiger partial charge in [-0.05, 0) is 48.8 Å². The van der Waals surface area contributed by atoms with E-state index in [9.17, 15) is 0 Å². The third kappa shape index (κ3) is 2.23. The number of nitrogens with zero attached hydrogens (tertiary/aromatic N) is 2. The number of fused-ring (bicyclic) bond motifs is 1. The van der Waals surface area contributed by atoms with Gasteiger partial charge in [0.2, 0.25) is 0 Å². The van der Waals surface area contributed by atoms with Gasteiger partial charge in [-0.25, -0.2) is 4.98 Å². The highest BCUT2D eigenvalue weighted by molar-refractivity contribution is 6.17. The van der Waals surface area contributed by atoms with Gasteiger partial charge in [0.1, 0.15) is 5.82 Å². The first-order valence-corrected chi connectivity index (χ1v) is 7.64. The topological polar surface area (TPSA) is 16.1 Å². The predicted octanol–water partition coefficient (Wildman–Crippen LogP) is 3.62. The Balaban J connectivity index is 1.83. The second-order valence-corrected chi connectivity index (χ2v) is 5.94. The third-order valence-corrected chi connectivity index (χ3v) is 4.80. The zero-order chi connectivity index (χ0) is 12.5. The summed E-state index contributed by atoms with van der Waals surface area (Å²) in [6.45, 7) is 4.56. The molecule has 2 fully saturated rings. The molecule has 2 aliphatic rings. The van der Waals surface area contributed by atoms with Crippen molar-refractivity contribution in [3.8, 4) is 0 Å². The van der Waals surface area contributed by atoms with Crippen LogP contribution >= 0.6 is 11.6 Å². The van der Waals surface area contributed by atoms with Crippen molar-refractivity contribution in [3.05, 3.63) is 23.4 Å². The largest absolute Gasteiger partial charge is 0.356 e. The lowest BCUT2D eigenvalue weighted by Crippen LogP contribution is -2.22. The molecule has 2 nitrogen and oxygen atoms in total. The van der Waals surface area contributed by atoms with Crippen molar-refractivity contribution in [3.63, 3.8) is 0 Å². The Morgan fingerprint density at radius 3 is 2.61 bits per heavy atom. The van der Waals surface area contributed by atoms with Gasteiger partial charge < -0.3 is 4.90 Å². The Morgan fingerprint density at radius 2 is 2.00 bits per heavy atom. The minimum Gasteiger partial charge on any atom is -0.356 e. The summed E-state index contributed by atoms with van der Waals surface area (Å²) >= 11 is 5.98. The van der Waals surface area contributed by atoms with Crippen LogP contribution in [0.4, 0.5) is 5.82 Å². The van der Waals surface area contributed by atoms with Crippen LogP contribution in [0, 0.1) is 11.8 Å². The van der Waals surface area contributed by atoms with Crippen molar-refractivity contribution in [1.29, 1.82) is 0 Å². The monoisotopic (exact) mass is 264 g/mol. The van der Waals surface area contributed by atoms with E-state index in [4.69, 9.17) is 16.6 Å². The molecule has 1 saturated carbocycles. The second-order valence-electron chi connectivity index (χ2n) is 5.67. The molecule has 98 valence electrons. The second kappa shape index (κ2) is 5.08. The Kier molecular flexibility index (Phi) is 3.47. The minimum absolute atomic E-state index is 0.587. The maximum absolute atomic E-state index is 5.98. The first kappa shape index (κ1) is 12.3. The van der Waals surface area contributed by atoms with Crippen LogP contribution in [-0.2, 0) is 12.3 Å². The molecule has 0 spiro atoms. The standard InChI is InChI=1S/C15H21ClN2/c1-2-14-6-11(8-16)7-15(17-14)18-9-12-4-3-5-13(12)10-18/h6-7,12-13H,2-5,8-10H2,1H3. The number of hydrogen-bond acceptors (Lipinski definition) is 2. The summed E-state index contributed by atoms with van der Waals surface area (Å²) in [4.78, 5) is 7.25. The van der Waals surface area contributed by atoms with Crippen LogP contribution in [0.25, 0.3) is 0 Å². The SMILES string of the molecule is CCc1cc(CCl)cc(N2CC3CCCC3C2)n1. The highest BCUT2D eigenvalue weighted by atomic mass is 35.5. The summed E-state index contributed by atoms with van der Waals surface area (Å²) in [6, 6.07) is 4.31. The summed E-state index contributed by atoms with van der Waals surface area (Å²) in [6.07, 6.45) is 5.24. The molecule has 0 aromatic carbocycles. The molecule has 3 rings (SSSR count). The molecule has 0 radical (unpaired) electrons. The molecule has 18 heavy (non-hydrogen) atoms. The van der Waals surface area contributed by atoms with E-state index >= 15 is 0 Å². The van der Waals surface area contributed by atoms with E-state index in [0.717, 1.165) is 24.1 Å². The van der Waals surface area contributed by atoms with Gasteiger partial charge in [-0.1, -0.05) is 13.3 Å². The molecule has 1 aliphatic heterocycles. The number of alkyl halides is 1.